The standard InChI is InChI=1S/C16H14ClN5O3S2/c1-21-14-9(5-4-6-10(14)17)13(15(21)23)20-22(16(18)26)11-7-2-3-8-12(11)27(19,24)25/h2-8H,1H3,(H2,18,26)(H2,19,24,25)/b20-13-. The SMILES string of the molecule is CN1C(=O)/C(=N\N(C(N)=S)c2ccccc2S(N)(=O)=O)c2cccc(Cl)c21. The molecule has 0 aromatic heterocycles. The Labute approximate surface area is 166 Å². The van der Waals surface area contributed by atoms with Gasteiger partial charge in [-0.15, -0.1) is 0 Å². The molecule has 0 aliphatic carbocycles. The number of para-hydroxylation sites is 2. The van der Waals surface area contributed by atoms with Gasteiger partial charge in [0.05, 0.1) is 16.4 Å². The molecule has 1 aliphatic heterocycles. The van der Waals surface area contributed by atoms with Gasteiger partial charge < -0.3 is 10.6 Å². The van der Waals surface area contributed by atoms with Crippen molar-refractivity contribution < 1.29 is 13.2 Å². The first kappa shape index (κ1) is 19.2. The van der Waals surface area contributed by atoms with Crippen LogP contribution in [0.1, 0.15) is 5.56 Å². The number of thiocarbonyl (C=S) groups is 1. The van der Waals surface area contributed by atoms with E-state index in [1.165, 1.54) is 23.1 Å². The number of carbonyl (C=O) groups is 1. The van der Waals surface area contributed by atoms with Crippen molar-refractivity contribution in [1.82, 2.24) is 0 Å². The highest BCUT2D eigenvalue weighted by atomic mass is 35.5. The Kier molecular flexibility index (Phi) is 4.91. The van der Waals surface area contributed by atoms with E-state index < -0.39 is 15.9 Å². The van der Waals surface area contributed by atoms with E-state index in [4.69, 9.17) is 34.7 Å². The number of sulfonamides is 1. The van der Waals surface area contributed by atoms with Gasteiger partial charge in [-0.25, -0.2) is 18.6 Å². The molecule has 0 saturated carbocycles. The third-order valence-electron chi connectivity index (χ3n) is 3.89. The van der Waals surface area contributed by atoms with Crippen LogP contribution in [0.3, 0.4) is 0 Å². The van der Waals surface area contributed by atoms with Crippen LogP contribution in [-0.4, -0.2) is 32.2 Å². The van der Waals surface area contributed by atoms with Crippen molar-refractivity contribution in [1.29, 1.82) is 0 Å². The summed E-state index contributed by atoms with van der Waals surface area (Å²) >= 11 is 11.2. The van der Waals surface area contributed by atoms with E-state index in [1.807, 2.05) is 0 Å². The van der Waals surface area contributed by atoms with Crippen molar-refractivity contribution in [3.8, 4) is 0 Å². The molecule has 1 amide bonds. The lowest BCUT2D eigenvalue weighted by Gasteiger charge is -2.20. The largest absolute Gasteiger partial charge is 0.374 e. The number of likely N-dealkylation sites (N-methyl/N-ethyl adjacent to an activating group) is 1. The quantitative estimate of drug-likeness (QED) is 0.568. The van der Waals surface area contributed by atoms with Gasteiger partial charge in [0.1, 0.15) is 4.90 Å². The van der Waals surface area contributed by atoms with Crippen LogP contribution >= 0.6 is 23.8 Å². The molecule has 0 radical (unpaired) electrons. The smallest absolute Gasteiger partial charge is 0.279 e. The van der Waals surface area contributed by atoms with Crippen LogP contribution in [0.25, 0.3) is 0 Å². The van der Waals surface area contributed by atoms with Gasteiger partial charge in [-0.2, -0.15) is 5.10 Å². The summed E-state index contributed by atoms with van der Waals surface area (Å²) in [4.78, 5) is 13.8. The molecule has 27 heavy (non-hydrogen) atoms. The molecular formula is C16H14ClN5O3S2. The summed E-state index contributed by atoms with van der Waals surface area (Å²) in [5, 5.41) is 10.6. The maximum atomic E-state index is 12.7. The van der Waals surface area contributed by atoms with Crippen LogP contribution in [-0.2, 0) is 14.8 Å². The third-order valence-corrected chi connectivity index (χ3v) is 5.33. The zero-order valence-corrected chi connectivity index (χ0v) is 16.3. The van der Waals surface area contributed by atoms with Gasteiger partial charge in [0.15, 0.2) is 10.8 Å². The highest BCUT2D eigenvalue weighted by Gasteiger charge is 2.34. The second-order valence-corrected chi connectivity index (χ2v) is 7.97. The van der Waals surface area contributed by atoms with E-state index in [-0.39, 0.29) is 21.4 Å². The van der Waals surface area contributed by atoms with Gasteiger partial charge in [-0.1, -0.05) is 35.9 Å². The molecule has 2 aromatic carbocycles. The summed E-state index contributed by atoms with van der Waals surface area (Å²) in [6, 6.07) is 10.8. The minimum atomic E-state index is -4.08. The fourth-order valence-corrected chi connectivity index (χ4v) is 3.87. The summed E-state index contributed by atoms with van der Waals surface area (Å²) in [5.41, 5.74) is 6.77. The van der Waals surface area contributed by atoms with Crippen molar-refractivity contribution in [3.05, 3.63) is 53.1 Å². The molecule has 0 fully saturated rings. The molecule has 4 N–H and O–H groups in total. The lowest BCUT2D eigenvalue weighted by atomic mass is 10.1. The lowest BCUT2D eigenvalue weighted by Crippen LogP contribution is -2.35. The second-order valence-electron chi connectivity index (χ2n) is 5.61. The van der Waals surface area contributed by atoms with Crippen molar-refractivity contribution in [2.45, 2.75) is 4.90 Å². The molecule has 11 heteroatoms. The first-order valence-corrected chi connectivity index (χ1v) is 9.83. The van der Waals surface area contributed by atoms with Gasteiger partial charge in [-0.05, 0) is 30.4 Å². The van der Waals surface area contributed by atoms with Gasteiger partial charge in [0.2, 0.25) is 10.0 Å². The van der Waals surface area contributed by atoms with Crippen LogP contribution in [0, 0.1) is 0 Å². The number of nitrogens with zero attached hydrogens (tertiary/aromatic N) is 3. The van der Waals surface area contributed by atoms with E-state index in [9.17, 15) is 13.2 Å². The number of primary sulfonamides is 1. The molecule has 2 aromatic rings. The Morgan fingerprint density at radius 2 is 1.89 bits per heavy atom. The number of carbonyl (C=O) groups excluding carboxylic acids is 1. The molecule has 140 valence electrons. The fraction of sp³-hybridized carbons (Fsp3) is 0.0625. The van der Waals surface area contributed by atoms with Crippen LogP contribution in [0.5, 0.6) is 0 Å². The van der Waals surface area contributed by atoms with E-state index in [2.05, 4.69) is 5.10 Å². The third kappa shape index (κ3) is 3.39. The molecule has 3 rings (SSSR count). The number of benzene rings is 2. The normalized spacial score (nSPS) is 15.1. The average molecular weight is 424 g/mol. The summed E-state index contributed by atoms with van der Waals surface area (Å²) in [6.07, 6.45) is 0. The Bertz CT molecular complexity index is 1100. The topological polar surface area (TPSA) is 122 Å². The van der Waals surface area contributed by atoms with Crippen LogP contribution in [0.2, 0.25) is 5.02 Å². The van der Waals surface area contributed by atoms with Crippen LogP contribution in [0.15, 0.2) is 52.5 Å². The average Bonchev–Trinajstić information content (AvgIpc) is 2.84. The van der Waals surface area contributed by atoms with Gasteiger partial charge in [0.25, 0.3) is 5.91 Å². The molecule has 8 nitrogen and oxygen atoms in total. The van der Waals surface area contributed by atoms with Gasteiger partial charge >= 0.3 is 0 Å². The summed E-state index contributed by atoms with van der Waals surface area (Å²) in [7, 11) is -2.53. The first-order valence-electron chi connectivity index (χ1n) is 7.50. The van der Waals surface area contributed by atoms with E-state index in [0.29, 0.717) is 16.3 Å². The minimum absolute atomic E-state index is 0.0204. The van der Waals surface area contributed by atoms with E-state index in [0.717, 1.165) is 5.01 Å². The van der Waals surface area contributed by atoms with E-state index in [1.54, 1.807) is 31.3 Å². The number of hydrogen-bond donors (Lipinski definition) is 2. The highest BCUT2D eigenvalue weighted by Crippen LogP contribution is 2.35. The molecule has 0 spiro atoms. The molecule has 0 unspecified atom stereocenters. The maximum absolute atomic E-state index is 12.7. The summed E-state index contributed by atoms with van der Waals surface area (Å²) < 4.78 is 23.8. The van der Waals surface area contributed by atoms with E-state index >= 15 is 0 Å². The number of nitrogens with two attached hydrogens (primary N) is 2. The fourth-order valence-electron chi connectivity index (χ4n) is 2.71. The number of amides is 1. The number of hydrazone groups is 1. The zero-order valence-electron chi connectivity index (χ0n) is 14.0. The number of halogens is 1. The molecule has 0 atom stereocenters. The summed E-state index contributed by atoms with van der Waals surface area (Å²) in [6.45, 7) is 0. The Morgan fingerprint density at radius 1 is 1.22 bits per heavy atom. The molecule has 1 heterocycles. The number of rotatable bonds is 3. The predicted octanol–water partition coefficient (Wildman–Crippen LogP) is 1.42. The number of hydrogen-bond acceptors (Lipinski definition) is 5. The predicted molar refractivity (Wildman–Crippen MR) is 108 cm³/mol. The number of fused-ring (bicyclic) bond motifs is 1. The molecule has 1 aliphatic rings. The zero-order chi connectivity index (χ0) is 19.9. The molecule has 0 bridgehead atoms. The molecule has 0 saturated heterocycles. The Hall–Kier alpha value is -2.53. The van der Waals surface area contributed by atoms with Crippen LogP contribution < -0.4 is 20.8 Å². The van der Waals surface area contributed by atoms with Crippen molar-refractivity contribution in [2.24, 2.45) is 16.0 Å². The monoisotopic (exact) mass is 423 g/mol. The summed E-state index contributed by atoms with van der Waals surface area (Å²) in [5.74, 6) is -0.438. The first-order chi connectivity index (χ1) is 12.6. The number of anilines is 2. The van der Waals surface area contributed by atoms with Crippen molar-refractivity contribution >= 4 is 61.9 Å². The van der Waals surface area contributed by atoms with Crippen molar-refractivity contribution in [3.63, 3.8) is 0 Å². The highest BCUT2D eigenvalue weighted by molar-refractivity contribution is 7.89. The van der Waals surface area contributed by atoms with Gasteiger partial charge in [-0.3, -0.25) is 4.79 Å². The Morgan fingerprint density at radius 3 is 2.52 bits per heavy atom. The van der Waals surface area contributed by atoms with Crippen molar-refractivity contribution in [2.75, 3.05) is 17.0 Å². The second kappa shape index (κ2) is 6.89. The maximum Gasteiger partial charge on any atom is 0.279 e. The Balaban J connectivity index is 2.23. The minimum Gasteiger partial charge on any atom is -0.374 e. The van der Waals surface area contributed by atoms with Crippen LogP contribution in [0.4, 0.5) is 11.4 Å². The van der Waals surface area contributed by atoms with Gasteiger partial charge in [0, 0.05) is 12.6 Å². The molecular weight excluding hydrogens is 410 g/mol. The lowest BCUT2D eigenvalue weighted by molar-refractivity contribution is -0.111.